The van der Waals surface area contributed by atoms with Gasteiger partial charge < -0.3 is 5.11 Å². The van der Waals surface area contributed by atoms with Crippen molar-refractivity contribution in [3.63, 3.8) is 0 Å². The van der Waals surface area contributed by atoms with E-state index in [0.29, 0.717) is 16.9 Å². The van der Waals surface area contributed by atoms with Crippen LogP contribution in [0.25, 0.3) is 22.3 Å². The molecule has 5 rings (SSSR count). The summed E-state index contributed by atoms with van der Waals surface area (Å²) in [5, 5.41) is 10.8. The van der Waals surface area contributed by atoms with Crippen LogP contribution in [0.4, 0.5) is 4.39 Å². The van der Waals surface area contributed by atoms with Crippen molar-refractivity contribution < 1.29 is 9.50 Å². The summed E-state index contributed by atoms with van der Waals surface area (Å²) in [5.41, 5.74) is 2.55. The molecule has 5 heteroatoms. The predicted molar refractivity (Wildman–Crippen MR) is 128 cm³/mol. The van der Waals surface area contributed by atoms with E-state index in [1.807, 2.05) is 60.7 Å². The van der Waals surface area contributed by atoms with Gasteiger partial charge in [0.05, 0.1) is 16.5 Å². The maximum absolute atomic E-state index is 14.0. The second-order valence-electron chi connectivity index (χ2n) is 7.90. The number of hydrogen-bond donors (Lipinski definition) is 1. The van der Waals surface area contributed by atoms with Gasteiger partial charge in [-0.15, -0.1) is 0 Å². The Balaban J connectivity index is 1.76. The number of nitrogens with zero attached hydrogens (tertiary/aromatic N) is 2. The Kier molecular flexibility index (Phi) is 5.45. The Bertz CT molecular complexity index is 1440. The van der Waals surface area contributed by atoms with Crippen LogP contribution < -0.4 is 5.56 Å². The first-order valence-electron chi connectivity index (χ1n) is 10.7. The first-order valence-corrected chi connectivity index (χ1v) is 10.7. The molecule has 0 saturated heterocycles. The molecule has 1 N–H and O–H groups in total. The normalized spacial score (nSPS) is 11.2. The number of phenolic OH excluding ortho intramolecular Hbond substituents is 1. The number of rotatable bonds is 5. The molecule has 0 unspecified atom stereocenters. The number of para-hydroxylation sites is 1. The molecule has 0 bridgehead atoms. The van der Waals surface area contributed by atoms with E-state index in [-0.39, 0.29) is 29.2 Å². The summed E-state index contributed by atoms with van der Waals surface area (Å²) in [4.78, 5) is 18.3. The van der Waals surface area contributed by atoms with Crippen LogP contribution in [0.5, 0.6) is 5.75 Å². The van der Waals surface area contributed by atoms with Crippen molar-refractivity contribution in [1.82, 2.24) is 9.55 Å². The zero-order valence-corrected chi connectivity index (χ0v) is 17.7. The standard InChI is InChI=1S/C28H21FN2O2/c29-21-15-16-25-23(17-21)28(33)31(27(30-25)22-13-7-8-14-26(22)32)18-24(19-9-3-1-4-10-19)20-11-5-2-6-12-20/h1-17,24,32H,18H2. The fourth-order valence-electron chi connectivity index (χ4n) is 4.19. The Morgan fingerprint density at radius 2 is 1.42 bits per heavy atom. The third-order valence-corrected chi connectivity index (χ3v) is 5.83. The zero-order valence-electron chi connectivity index (χ0n) is 17.7. The largest absolute Gasteiger partial charge is 0.507 e. The van der Waals surface area contributed by atoms with Crippen LogP contribution in [0.2, 0.25) is 0 Å². The van der Waals surface area contributed by atoms with E-state index in [9.17, 15) is 14.3 Å². The fourth-order valence-corrected chi connectivity index (χ4v) is 4.19. The van der Waals surface area contributed by atoms with Crippen molar-refractivity contribution in [3.05, 3.63) is 130 Å². The van der Waals surface area contributed by atoms with Crippen LogP contribution in [0, 0.1) is 5.82 Å². The van der Waals surface area contributed by atoms with Gasteiger partial charge in [-0.25, -0.2) is 9.37 Å². The Hall–Kier alpha value is -4.25. The van der Waals surface area contributed by atoms with E-state index in [4.69, 9.17) is 0 Å². The first-order chi connectivity index (χ1) is 16.1. The highest BCUT2D eigenvalue weighted by atomic mass is 19.1. The van der Waals surface area contributed by atoms with E-state index < -0.39 is 5.82 Å². The minimum atomic E-state index is -0.495. The monoisotopic (exact) mass is 436 g/mol. The maximum Gasteiger partial charge on any atom is 0.261 e. The molecule has 33 heavy (non-hydrogen) atoms. The molecule has 0 radical (unpaired) electrons. The summed E-state index contributed by atoms with van der Waals surface area (Å²) < 4.78 is 15.6. The van der Waals surface area contributed by atoms with Crippen LogP contribution in [-0.2, 0) is 6.54 Å². The number of fused-ring (bicyclic) bond motifs is 1. The van der Waals surface area contributed by atoms with Crippen molar-refractivity contribution in [1.29, 1.82) is 0 Å². The Labute approximate surface area is 190 Å². The summed E-state index contributed by atoms with van der Waals surface area (Å²) in [6, 6.07) is 30.6. The SMILES string of the molecule is O=c1c2cc(F)ccc2nc(-c2ccccc2O)n1CC(c1ccccc1)c1ccccc1. The van der Waals surface area contributed by atoms with Gasteiger partial charge in [0.1, 0.15) is 17.4 Å². The molecule has 0 aliphatic carbocycles. The smallest absolute Gasteiger partial charge is 0.261 e. The minimum Gasteiger partial charge on any atom is -0.507 e. The Morgan fingerprint density at radius 1 is 0.818 bits per heavy atom. The summed E-state index contributed by atoms with van der Waals surface area (Å²) in [7, 11) is 0. The second-order valence-corrected chi connectivity index (χ2v) is 7.90. The number of aromatic hydroxyl groups is 1. The molecule has 4 aromatic carbocycles. The van der Waals surface area contributed by atoms with Gasteiger partial charge in [-0.2, -0.15) is 0 Å². The number of hydrogen-bond acceptors (Lipinski definition) is 3. The van der Waals surface area contributed by atoms with Crippen molar-refractivity contribution >= 4 is 10.9 Å². The molecular weight excluding hydrogens is 415 g/mol. The Morgan fingerprint density at radius 3 is 2.06 bits per heavy atom. The van der Waals surface area contributed by atoms with Crippen molar-refractivity contribution in [3.8, 4) is 17.1 Å². The quantitative estimate of drug-likeness (QED) is 0.382. The maximum atomic E-state index is 14.0. The van der Waals surface area contributed by atoms with Gasteiger partial charge in [0, 0.05) is 12.5 Å². The molecule has 5 aromatic rings. The van der Waals surface area contributed by atoms with Crippen molar-refractivity contribution in [2.45, 2.75) is 12.5 Å². The zero-order chi connectivity index (χ0) is 22.8. The van der Waals surface area contributed by atoms with Crippen LogP contribution in [0.3, 0.4) is 0 Å². The van der Waals surface area contributed by atoms with E-state index in [1.54, 1.807) is 28.8 Å². The van der Waals surface area contributed by atoms with E-state index in [1.165, 1.54) is 18.2 Å². The molecule has 162 valence electrons. The van der Waals surface area contributed by atoms with E-state index >= 15 is 0 Å². The molecule has 0 atom stereocenters. The van der Waals surface area contributed by atoms with Gasteiger partial charge in [-0.1, -0.05) is 72.8 Å². The van der Waals surface area contributed by atoms with Crippen LogP contribution in [0.1, 0.15) is 17.0 Å². The lowest BCUT2D eigenvalue weighted by atomic mass is 9.91. The molecule has 0 amide bonds. The molecule has 0 aliphatic rings. The summed E-state index contributed by atoms with van der Waals surface area (Å²) in [5.74, 6) is -0.280. The lowest BCUT2D eigenvalue weighted by Crippen LogP contribution is -2.27. The average molecular weight is 436 g/mol. The predicted octanol–water partition coefficient (Wildman–Crippen LogP) is 5.74. The van der Waals surface area contributed by atoms with Gasteiger partial charge in [0.2, 0.25) is 0 Å². The molecule has 0 spiro atoms. The third kappa shape index (κ3) is 4.01. The van der Waals surface area contributed by atoms with Gasteiger partial charge in [-0.05, 0) is 41.5 Å². The van der Waals surface area contributed by atoms with Gasteiger partial charge in [-0.3, -0.25) is 9.36 Å². The van der Waals surface area contributed by atoms with Gasteiger partial charge in [0.15, 0.2) is 0 Å². The van der Waals surface area contributed by atoms with E-state index in [2.05, 4.69) is 4.98 Å². The van der Waals surface area contributed by atoms with Gasteiger partial charge >= 0.3 is 0 Å². The highest BCUT2D eigenvalue weighted by Gasteiger charge is 2.21. The van der Waals surface area contributed by atoms with Crippen LogP contribution in [0.15, 0.2) is 108 Å². The molecular formula is C28H21FN2O2. The molecule has 0 saturated carbocycles. The molecule has 4 nitrogen and oxygen atoms in total. The summed E-state index contributed by atoms with van der Waals surface area (Å²) in [6.07, 6.45) is 0. The minimum absolute atomic E-state index is 0.0237. The second kappa shape index (κ2) is 8.71. The number of halogens is 1. The lowest BCUT2D eigenvalue weighted by molar-refractivity contribution is 0.475. The third-order valence-electron chi connectivity index (χ3n) is 5.83. The van der Waals surface area contributed by atoms with E-state index in [0.717, 1.165) is 11.1 Å². The molecule has 0 aliphatic heterocycles. The van der Waals surface area contributed by atoms with Crippen LogP contribution >= 0.6 is 0 Å². The van der Waals surface area contributed by atoms with Crippen LogP contribution in [-0.4, -0.2) is 14.7 Å². The molecule has 1 aromatic heterocycles. The summed E-state index contributed by atoms with van der Waals surface area (Å²) >= 11 is 0. The van der Waals surface area contributed by atoms with Gasteiger partial charge in [0.25, 0.3) is 5.56 Å². The average Bonchev–Trinajstić information content (AvgIpc) is 2.85. The van der Waals surface area contributed by atoms with Crippen molar-refractivity contribution in [2.75, 3.05) is 0 Å². The van der Waals surface area contributed by atoms with Crippen molar-refractivity contribution in [2.24, 2.45) is 0 Å². The lowest BCUT2D eigenvalue weighted by Gasteiger charge is -2.22. The highest BCUT2D eigenvalue weighted by Crippen LogP contribution is 2.31. The highest BCUT2D eigenvalue weighted by molar-refractivity contribution is 5.80. The fraction of sp³-hybridized carbons (Fsp3) is 0.0714. The topological polar surface area (TPSA) is 55.1 Å². The number of aromatic nitrogens is 2. The summed E-state index contributed by atoms with van der Waals surface area (Å²) in [6.45, 7) is 0.274. The number of benzene rings is 4. The number of phenols is 1. The molecule has 1 heterocycles. The first kappa shape index (κ1) is 20.6. The molecule has 0 fully saturated rings.